The summed E-state index contributed by atoms with van der Waals surface area (Å²) in [6.07, 6.45) is 28.5. The van der Waals surface area contributed by atoms with Crippen LogP contribution in [0.3, 0.4) is 0 Å². The summed E-state index contributed by atoms with van der Waals surface area (Å²) in [4.78, 5) is 12.8. The number of rotatable bonds is 41. The molecule has 13 heteroatoms. The molecule has 0 aromatic carbocycles. The summed E-state index contributed by atoms with van der Waals surface area (Å²) in [7, 11) is -5.05. The van der Waals surface area contributed by atoms with E-state index >= 15 is 0 Å². The van der Waals surface area contributed by atoms with Crippen LogP contribution in [0.5, 0.6) is 0 Å². The molecule has 0 bridgehead atoms. The van der Waals surface area contributed by atoms with Gasteiger partial charge in [0.25, 0.3) is 0 Å². The van der Waals surface area contributed by atoms with E-state index in [4.69, 9.17) is 23.5 Å². The van der Waals surface area contributed by atoms with Crippen LogP contribution >= 0.6 is 0 Å². The highest BCUT2D eigenvalue weighted by Crippen LogP contribution is 2.26. The van der Waals surface area contributed by atoms with Gasteiger partial charge in [0, 0.05) is 13.0 Å². The second kappa shape index (κ2) is 36.9. The van der Waals surface area contributed by atoms with Gasteiger partial charge in [0.2, 0.25) is 0 Å². The fraction of sp³-hybridized carbons (Fsp3) is 0.977. The first-order chi connectivity index (χ1) is 27.6. The van der Waals surface area contributed by atoms with Gasteiger partial charge in [0.15, 0.2) is 6.29 Å². The largest absolute Gasteiger partial charge is 0.457 e. The number of ether oxygens (including phenoxy) is 4. The third kappa shape index (κ3) is 30.7. The zero-order valence-electron chi connectivity index (χ0n) is 36.2. The predicted octanol–water partition coefficient (Wildman–Crippen LogP) is 9.69. The Kier molecular flexibility index (Phi) is 35.0. The molecule has 0 amide bonds. The predicted molar refractivity (Wildman–Crippen MR) is 225 cm³/mol. The van der Waals surface area contributed by atoms with Crippen LogP contribution in [0.4, 0.5) is 0 Å². The molecule has 340 valence electrons. The standard InChI is InChI=1S/C44H86O12S/c1-3-5-7-9-11-13-15-17-18-19-20-21-23-25-27-29-31-33-40(46)54-38(36-52-34-32-30-28-26-24-22-16-14-12-10-8-6-4-2)37-53-44-42(48)43(56-57(49,50)51)41(47)39(35-45)55-44/h38-39,41-45,47-48H,3-37H2,1-2H3,(H,49,50,51). The maximum Gasteiger partial charge on any atom is 0.397 e. The van der Waals surface area contributed by atoms with Crippen LogP contribution in [0.1, 0.15) is 213 Å². The van der Waals surface area contributed by atoms with E-state index in [1.165, 1.54) is 148 Å². The van der Waals surface area contributed by atoms with Crippen LogP contribution < -0.4 is 0 Å². The summed E-state index contributed by atoms with van der Waals surface area (Å²) in [5.41, 5.74) is 0. The lowest BCUT2D eigenvalue weighted by atomic mass is 9.99. The topological polar surface area (TPSA) is 178 Å². The van der Waals surface area contributed by atoms with E-state index in [2.05, 4.69) is 18.0 Å². The summed E-state index contributed by atoms with van der Waals surface area (Å²) in [6.45, 7) is 4.03. The molecule has 0 aliphatic carbocycles. The van der Waals surface area contributed by atoms with E-state index in [-0.39, 0.29) is 19.6 Å². The number of unbranched alkanes of at least 4 members (excludes halogenated alkanes) is 28. The smallest absolute Gasteiger partial charge is 0.397 e. The van der Waals surface area contributed by atoms with E-state index in [0.29, 0.717) is 13.0 Å². The van der Waals surface area contributed by atoms with E-state index < -0.39 is 59.8 Å². The quantitative estimate of drug-likeness (QED) is 0.0261. The Morgan fingerprint density at radius 1 is 0.596 bits per heavy atom. The molecule has 0 spiro atoms. The molecular formula is C44H86O12S. The lowest BCUT2D eigenvalue weighted by molar-refractivity contribution is -0.301. The van der Waals surface area contributed by atoms with Crippen molar-refractivity contribution >= 4 is 16.4 Å². The Balaban J connectivity index is 2.39. The maximum atomic E-state index is 12.8. The molecule has 6 unspecified atom stereocenters. The lowest BCUT2D eigenvalue weighted by Gasteiger charge is -2.41. The third-order valence-corrected chi connectivity index (χ3v) is 11.4. The minimum Gasteiger partial charge on any atom is -0.457 e. The molecule has 1 fully saturated rings. The number of carbonyl (C=O) groups excluding carboxylic acids is 1. The average molecular weight is 839 g/mol. The number of hydrogen-bond donors (Lipinski definition) is 4. The van der Waals surface area contributed by atoms with E-state index in [1.807, 2.05) is 0 Å². The Labute approximate surface area is 347 Å². The minimum absolute atomic E-state index is 0.0445. The molecule has 1 rings (SSSR count). The van der Waals surface area contributed by atoms with Crippen molar-refractivity contribution in [2.45, 2.75) is 250 Å². The number of hydrogen-bond acceptors (Lipinski definition) is 11. The Morgan fingerprint density at radius 3 is 1.40 bits per heavy atom. The van der Waals surface area contributed by atoms with Crippen molar-refractivity contribution in [2.75, 3.05) is 26.4 Å². The average Bonchev–Trinajstić information content (AvgIpc) is 3.18. The molecule has 1 heterocycles. The molecule has 0 aromatic rings. The van der Waals surface area contributed by atoms with Crippen molar-refractivity contribution in [1.82, 2.24) is 0 Å². The molecule has 1 aliphatic heterocycles. The van der Waals surface area contributed by atoms with Gasteiger partial charge in [-0.05, 0) is 12.8 Å². The highest BCUT2D eigenvalue weighted by Gasteiger charge is 2.48. The molecule has 4 N–H and O–H groups in total. The zero-order chi connectivity index (χ0) is 41.8. The van der Waals surface area contributed by atoms with Gasteiger partial charge in [0.05, 0.1) is 19.8 Å². The van der Waals surface area contributed by atoms with Crippen LogP contribution in [-0.4, -0.2) is 97.5 Å². The Bertz CT molecular complexity index is 1020. The third-order valence-electron chi connectivity index (χ3n) is 11.0. The molecule has 12 nitrogen and oxygen atoms in total. The normalized spacial score (nSPS) is 20.6. The summed E-state index contributed by atoms with van der Waals surface area (Å²) < 4.78 is 59.1. The van der Waals surface area contributed by atoms with Crippen molar-refractivity contribution in [3.63, 3.8) is 0 Å². The molecular weight excluding hydrogens is 753 g/mol. The number of carbonyl (C=O) groups is 1. The van der Waals surface area contributed by atoms with E-state index in [9.17, 15) is 28.5 Å². The molecule has 1 aliphatic rings. The van der Waals surface area contributed by atoms with Gasteiger partial charge in [-0.25, -0.2) is 4.18 Å². The van der Waals surface area contributed by atoms with Crippen molar-refractivity contribution in [1.29, 1.82) is 0 Å². The molecule has 1 saturated heterocycles. The second-order valence-electron chi connectivity index (χ2n) is 16.4. The number of aliphatic hydroxyl groups is 3. The molecule has 0 saturated carbocycles. The molecule has 6 atom stereocenters. The first-order valence-electron chi connectivity index (χ1n) is 23.3. The highest BCUT2D eigenvalue weighted by atomic mass is 32.3. The van der Waals surface area contributed by atoms with Gasteiger partial charge in [-0.2, -0.15) is 8.42 Å². The Hall–Kier alpha value is -0.900. The summed E-state index contributed by atoms with van der Waals surface area (Å²) >= 11 is 0. The van der Waals surface area contributed by atoms with Gasteiger partial charge in [0.1, 0.15) is 30.5 Å². The van der Waals surface area contributed by atoms with Crippen molar-refractivity contribution in [3.05, 3.63) is 0 Å². The maximum absolute atomic E-state index is 12.8. The first-order valence-corrected chi connectivity index (χ1v) is 24.7. The van der Waals surface area contributed by atoms with Gasteiger partial charge in [-0.15, -0.1) is 0 Å². The van der Waals surface area contributed by atoms with Gasteiger partial charge < -0.3 is 34.3 Å². The molecule has 57 heavy (non-hydrogen) atoms. The van der Waals surface area contributed by atoms with Crippen LogP contribution in [0.25, 0.3) is 0 Å². The van der Waals surface area contributed by atoms with E-state index in [0.717, 1.165) is 38.5 Å². The van der Waals surface area contributed by atoms with Crippen molar-refractivity contribution in [2.24, 2.45) is 0 Å². The fourth-order valence-electron chi connectivity index (χ4n) is 7.44. The van der Waals surface area contributed by atoms with Gasteiger partial charge in [-0.3, -0.25) is 9.35 Å². The zero-order valence-corrected chi connectivity index (χ0v) is 37.0. The van der Waals surface area contributed by atoms with Crippen LogP contribution in [-0.2, 0) is 38.3 Å². The fourth-order valence-corrected chi connectivity index (χ4v) is 7.95. The van der Waals surface area contributed by atoms with Crippen molar-refractivity contribution in [3.8, 4) is 0 Å². The van der Waals surface area contributed by atoms with Crippen LogP contribution in [0, 0.1) is 0 Å². The summed E-state index contributed by atoms with van der Waals surface area (Å²) in [6, 6.07) is 0. The molecule has 0 aromatic heterocycles. The van der Waals surface area contributed by atoms with Gasteiger partial charge in [-0.1, -0.05) is 194 Å². The SMILES string of the molecule is CCCCCCCCCCCCCCCCCCCC(=O)OC(COCCCCCCCCCCCCCCC)COC1OC(CO)C(O)C(OS(=O)(=O)O)C1O. The van der Waals surface area contributed by atoms with Crippen LogP contribution in [0.15, 0.2) is 0 Å². The highest BCUT2D eigenvalue weighted by molar-refractivity contribution is 7.80. The monoisotopic (exact) mass is 839 g/mol. The van der Waals surface area contributed by atoms with Crippen LogP contribution in [0.2, 0.25) is 0 Å². The summed E-state index contributed by atoms with van der Waals surface area (Å²) in [5.74, 6) is -0.393. The lowest BCUT2D eigenvalue weighted by Crippen LogP contribution is -2.60. The molecule has 0 radical (unpaired) electrons. The van der Waals surface area contributed by atoms with E-state index in [1.54, 1.807) is 0 Å². The summed E-state index contributed by atoms with van der Waals surface area (Å²) in [5, 5.41) is 30.6. The van der Waals surface area contributed by atoms with Gasteiger partial charge >= 0.3 is 16.4 Å². The Morgan fingerprint density at radius 2 is 1.00 bits per heavy atom. The number of esters is 1. The van der Waals surface area contributed by atoms with Crippen molar-refractivity contribution < 1.29 is 56.2 Å². The second-order valence-corrected chi connectivity index (χ2v) is 17.4. The number of aliphatic hydroxyl groups excluding tert-OH is 3. The minimum atomic E-state index is -5.05. The first kappa shape index (κ1) is 54.1.